The number of nitrogens with zero attached hydrogens (tertiary/aromatic N) is 2. The molecule has 0 atom stereocenters. The number of rotatable bonds is 4. The van der Waals surface area contributed by atoms with E-state index in [0.717, 1.165) is 19.3 Å². The fourth-order valence-electron chi connectivity index (χ4n) is 3.63. The van der Waals surface area contributed by atoms with E-state index >= 15 is 0 Å². The monoisotopic (exact) mass is 366 g/mol. The van der Waals surface area contributed by atoms with Gasteiger partial charge in [-0.15, -0.1) is 0 Å². The van der Waals surface area contributed by atoms with Crippen molar-refractivity contribution in [1.82, 2.24) is 9.21 Å². The number of ether oxygens (including phenoxy) is 1. The minimum atomic E-state index is -3.57. The van der Waals surface area contributed by atoms with Crippen molar-refractivity contribution in [3.05, 3.63) is 23.3 Å². The molecule has 1 saturated carbocycles. The first-order valence-electron chi connectivity index (χ1n) is 8.78. The first kappa shape index (κ1) is 18.2. The second kappa shape index (κ2) is 6.96. The van der Waals surface area contributed by atoms with E-state index in [1.54, 1.807) is 33.1 Å². The van der Waals surface area contributed by atoms with Crippen LogP contribution in [0.25, 0.3) is 0 Å². The van der Waals surface area contributed by atoms with E-state index in [1.807, 2.05) is 4.90 Å². The number of carbonyl (C=O) groups excluding carboxylic acids is 1. The highest BCUT2D eigenvalue weighted by molar-refractivity contribution is 7.89. The van der Waals surface area contributed by atoms with E-state index in [4.69, 9.17) is 4.74 Å². The molecule has 1 aromatic rings. The predicted octanol–water partition coefficient (Wildman–Crippen LogP) is 1.95. The minimum absolute atomic E-state index is 0.161. The molecule has 6 nitrogen and oxygen atoms in total. The maximum Gasteiger partial charge on any atom is 0.243 e. The number of hydrogen-bond acceptors (Lipinski definition) is 4. The lowest BCUT2D eigenvalue weighted by Crippen LogP contribution is -2.52. The molecule has 0 spiro atoms. The molecule has 0 bridgehead atoms. The number of sulfonamides is 1. The molecule has 1 aliphatic carbocycles. The Labute approximate surface area is 149 Å². The van der Waals surface area contributed by atoms with Crippen LogP contribution in [0.15, 0.2) is 17.0 Å². The highest BCUT2D eigenvalue weighted by Crippen LogP contribution is 2.31. The van der Waals surface area contributed by atoms with Gasteiger partial charge in [0.1, 0.15) is 5.75 Å². The quantitative estimate of drug-likeness (QED) is 0.817. The lowest BCUT2D eigenvalue weighted by Gasteiger charge is -2.38. The highest BCUT2D eigenvalue weighted by Gasteiger charge is 2.35. The van der Waals surface area contributed by atoms with Crippen LogP contribution in [0.1, 0.15) is 30.4 Å². The number of methoxy groups -OCH3 is 1. The van der Waals surface area contributed by atoms with Crippen molar-refractivity contribution in [3.63, 3.8) is 0 Å². The van der Waals surface area contributed by atoms with Gasteiger partial charge < -0.3 is 9.64 Å². The van der Waals surface area contributed by atoms with Gasteiger partial charge in [-0.25, -0.2) is 8.42 Å². The van der Waals surface area contributed by atoms with Crippen molar-refractivity contribution in [3.8, 4) is 5.75 Å². The molecule has 7 heteroatoms. The molecule has 0 radical (unpaired) electrons. The third-order valence-corrected chi connectivity index (χ3v) is 7.48. The number of benzene rings is 1. The Morgan fingerprint density at radius 3 is 2.08 bits per heavy atom. The van der Waals surface area contributed by atoms with Crippen LogP contribution >= 0.6 is 0 Å². The van der Waals surface area contributed by atoms with Crippen LogP contribution in [-0.4, -0.2) is 56.8 Å². The standard InChI is InChI=1S/C18H26N2O4S/c1-13-11-16(24-3)12-14(2)17(13)25(22,23)20-9-7-19(8-10-20)18(21)15-5-4-6-15/h11-12,15H,4-10H2,1-3H3. The van der Waals surface area contributed by atoms with Crippen LogP contribution in [-0.2, 0) is 14.8 Å². The van der Waals surface area contributed by atoms with Crippen LogP contribution in [0.3, 0.4) is 0 Å². The number of aryl methyl sites for hydroxylation is 2. The number of hydrogen-bond donors (Lipinski definition) is 0. The van der Waals surface area contributed by atoms with Crippen molar-refractivity contribution in [2.75, 3.05) is 33.3 Å². The Hall–Kier alpha value is -1.60. The van der Waals surface area contributed by atoms with E-state index in [0.29, 0.717) is 48.0 Å². The lowest BCUT2D eigenvalue weighted by molar-refractivity contribution is -0.139. The first-order chi connectivity index (χ1) is 11.8. The van der Waals surface area contributed by atoms with Gasteiger partial charge >= 0.3 is 0 Å². The Balaban J connectivity index is 1.75. The number of carbonyl (C=O) groups is 1. The van der Waals surface area contributed by atoms with Crippen LogP contribution < -0.4 is 4.74 Å². The van der Waals surface area contributed by atoms with Crippen molar-refractivity contribution < 1.29 is 17.9 Å². The van der Waals surface area contributed by atoms with Crippen LogP contribution in [0.2, 0.25) is 0 Å². The summed E-state index contributed by atoms with van der Waals surface area (Å²) in [5.74, 6) is 1.01. The Morgan fingerprint density at radius 1 is 1.08 bits per heavy atom. The van der Waals surface area contributed by atoms with Crippen LogP contribution in [0, 0.1) is 19.8 Å². The summed E-state index contributed by atoms with van der Waals surface area (Å²) in [6.45, 7) is 5.24. The van der Waals surface area contributed by atoms with Gasteiger partial charge in [0.05, 0.1) is 12.0 Å². The Bertz CT molecular complexity index is 740. The molecule has 1 aromatic carbocycles. The Kier molecular flexibility index (Phi) is 5.06. The second-order valence-electron chi connectivity index (χ2n) is 6.95. The van der Waals surface area contributed by atoms with Gasteiger partial charge in [-0.05, 0) is 49.9 Å². The zero-order valence-electron chi connectivity index (χ0n) is 15.1. The minimum Gasteiger partial charge on any atom is -0.497 e. The van der Waals surface area contributed by atoms with Gasteiger partial charge in [0, 0.05) is 32.1 Å². The number of amides is 1. The molecule has 3 rings (SSSR count). The SMILES string of the molecule is COc1cc(C)c(S(=O)(=O)N2CCN(C(=O)C3CCC3)CC2)c(C)c1. The van der Waals surface area contributed by atoms with Gasteiger partial charge in [-0.1, -0.05) is 6.42 Å². The Morgan fingerprint density at radius 2 is 1.64 bits per heavy atom. The summed E-state index contributed by atoms with van der Waals surface area (Å²) in [5.41, 5.74) is 1.37. The van der Waals surface area contributed by atoms with Crippen LogP contribution in [0.4, 0.5) is 0 Å². The van der Waals surface area contributed by atoms with E-state index in [2.05, 4.69) is 0 Å². The molecular formula is C18H26N2O4S. The lowest BCUT2D eigenvalue weighted by atomic mass is 9.84. The van der Waals surface area contributed by atoms with E-state index in [1.165, 1.54) is 4.31 Å². The summed E-state index contributed by atoms with van der Waals surface area (Å²) in [6.07, 6.45) is 3.07. The third-order valence-electron chi connectivity index (χ3n) is 5.27. The van der Waals surface area contributed by atoms with Crippen LogP contribution in [0.5, 0.6) is 5.75 Å². The summed E-state index contributed by atoms with van der Waals surface area (Å²) in [7, 11) is -2.00. The molecule has 138 valence electrons. The fraction of sp³-hybridized carbons (Fsp3) is 0.611. The fourth-order valence-corrected chi connectivity index (χ4v) is 5.46. The summed E-state index contributed by atoms with van der Waals surface area (Å²) < 4.78 is 32.9. The molecule has 2 fully saturated rings. The topological polar surface area (TPSA) is 66.9 Å². The molecule has 1 saturated heterocycles. The summed E-state index contributed by atoms with van der Waals surface area (Å²) >= 11 is 0. The average molecular weight is 366 g/mol. The zero-order valence-corrected chi connectivity index (χ0v) is 15.9. The van der Waals surface area contributed by atoms with E-state index in [-0.39, 0.29) is 11.8 Å². The molecule has 1 amide bonds. The summed E-state index contributed by atoms with van der Waals surface area (Å²) in [4.78, 5) is 14.5. The largest absolute Gasteiger partial charge is 0.497 e. The van der Waals surface area contributed by atoms with Crippen molar-refractivity contribution in [2.24, 2.45) is 5.92 Å². The van der Waals surface area contributed by atoms with Gasteiger partial charge in [-0.3, -0.25) is 4.79 Å². The zero-order chi connectivity index (χ0) is 18.2. The van der Waals surface area contributed by atoms with Gasteiger partial charge in [0.25, 0.3) is 0 Å². The van der Waals surface area contributed by atoms with E-state index < -0.39 is 10.0 Å². The molecule has 0 aromatic heterocycles. The average Bonchev–Trinajstić information content (AvgIpc) is 2.52. The maximum atomic E-state index is 13.1. The normalized spacial score (nSPS) is 19.6. The molecule has 0 N–H and O–H groups in total. The molecule has 1 aliphatic heterocycles. The predicted molar refractivity (Wildman–Crippen MR) is 95.1 cm³/mol. The van der Waals surface area contributed by atoms with Crippen molar-refractivity contribution >= 4 is 15.9 Å². The molecule has 0 unspecified atom stereocenters. The number of piperazine rings is 1. The third kappa shape index (κ3) is 3.40. The van der Waals surface area contributed by atoms with Crippen molar-refractivity contribution in [1.29, 1.82) is 0 Å². The summed E-state index contributed by atoms with van der Waals surface area (Å²) in [5, 5.41) is 0. The van der Waals surface area contributed by atoms with Crippen molar-refractivity contribution in [2.45, 2.75) is 38.0 Å². The summed E-state index contributed by atoms with van der Waals surface area (Å²) in [6, 6.07) is 3.49. The van der Waals surface area contributed by atoms with Gasteiger partial charge in [-0.2, -0.15) is 4.31 Å². The second-order valence-corrected chi connectivity index (χ2v) is 8.82. The molecule has 2 aliphatic rings. The van der Waals surface area contributed by atoms with Gasteiger partial charge in [0.15, 0.2) is 0 Å². The maximum absolute atomic E-state index is 13.1. The molecular weight excluding hydrogens is 340 g/mol. The highest BCUT2D eigenvalue weighted by atomic mass is 32.2. The van der Waals surface area contributed by atoms with E-state index in [9.17, 15) is 13.2 Å². The first-order valence-corrected chi connectivity index (χ1v) is 10.2. The van der Waals surface area contributed by atoms with Gasteiger partial charge in [0.2, 0.25) is 15.9 Å². The molecule has 1 heterocycles. The smallest absolute Gasteiger partial charge is 0.243 e. The molecule has 25 heavy (non-hydrogen) atoms.